The molecule has 2 aliphatic rings. The van der Waals surface area contributed by atoms with Gasteiger partial charge in [0.15, 0.2) is 0 Å². The van der Waals surface area contributed by atoms with Crippen molar-refractivity contribution in [3.05, 3.63) is 23.8 Å². The summed E-state index contributed by atoms with van der Waals surface area (Å²) in [6, 6.07) is 5.27. The Balaban J connectivity index is 1.66. The van der Waals surface area contributed by atoms with E-state index in [0.29, 0.717) is 22.9 Å². The average Bonchev–Trinajstić information content (AvgIpc) is 3.00. The summed E-state index contributed by atoms with van der Waals surface area (Å²) in [5.74, 6) is 2.25. The van der Waals surface area contributed by atoms with Crippen LogP contribution in [0.5, 0.6) is 0 Å². The van der Waals surface area contributed by atoms with Crippen molar-refractivity contribution in [1.29, 1.82) is 0 Å². The first-order valence-corrected chi connectivity index (χ1v) is 7.50. The van der Waals surface area contributed by atoms with Gasteiger partial charge in [0.2, 0.25) is 0 Å². The summed E-state index contributed by atoms with van der Waals surface area (Å²) in [5.41, 5.74) is 13.1. The van der Waals surface area contributed by atoms with Crippen LogP contribution in [0.15, 0.2) is 18.2 Å². The predicted molar refractivity (Wildman–Crippen MR) is 81.1 cm³/mol. The number of nitrogen functional groups attached to an aromatic ring is 2. The summed E-state index contributed by atoms with van der Waals surface area (Å²) < 4.78 is 0. The van der Waals surface area contributed by atoms with Crippen molar-refractivity contribution in [3.8, 4) is 0 Å². The van der Waals surface area contributed by atoms with Gasteiger partial charge in [0.05, 0.1) is 5.56 Å². The molecular formula is C16H23N3O. The van der Waals surface area contributed by atoms with E-state index in [2.05, 4.69) is 12.2 Å². The van der Waals surface area contributed by atoms with Gasteiger partial charge < -0.3 is 16.8 Å². The van der Waals surface area contributed by atoms with Gasteiger partial charge in [0.25, 0.3) is 5.91 Å². The molecule has 0 radical (unpaired) electrons. The monoisotopic (exact) mass is 273 g/mol. The Hall–Kier alpha value is -1.71. The summed E-state index contributed by atoms with van der Waals surface area (Å²) in [6.45, 7) is 2.12. The van der Waals surface area contributed by atoms with Crippen molar-refractivity contribution in [2.24, 2.45) is 17.8 Å². The van der Waals surface area contributed by atoms with Gasteiger partial charge in [0, 0.05) is 17.4 Å². The number of carbonyl (C=O) groups excluding carboxylic acids is 1. The number of nitrogens with one attached hydrogen (secondary N) is 1. The number of hydrogen-bond acceptors (Lipinski definition) is 3. The first kappa shape index (κ1) is 13.3. The molecule has 1 aromatic carbocycles. The Morgan fingerprint density at radius 3 is 2.70 bits per heavy atom. The van der Waals surface area contributed by atoms with Gasteiger partial charge in [-0.1, -0.05) is 6.42 Å². The van der Waals surface area contributed by atoms with E-state index < -0.39 is 0 Å². The molecule has 4 atom stereocenters. The number of anilines is 2. The second kappa shape index (κ2) is 5.00. The number of amides is 1. The van der Waals surface area contributed by atoms with E-state index in [1.807, 2.05) is 0 Å². The van der Waals surface area contributed by atoms with Crippen LogP contribution >= 0.6 is 0 Å². The van der Waals surface area contributed by atoms with E-state index in [0.717, 1.165) is 11.8 Å². The highest BCUT2D eigenvalue weighted by Gasteiger charge is 2.42. The smallest absolute Gasteiger partial charge is 0.253 e. The van der Waals surface area contributed by atoms with Gasteiger partial charge in [-0.05, 0) is 62.1 Å². The number of fused-ring (bicyclic) bond motifs is 2. The molecule has 2 fully saturated rings. The standard InChI is InChI=1S/C16H23N3O/c1-9(14-7-10-2-3-11(14)6-10)19-16(20)13-5-4-12(17)8-15(13)18/h4-5,8-11,14H,2-3,6-7,17-18H2,1H3,(H,19,20). The van der Waals surface area contributed by atoms with Gasteiger partial charge >= 0.3 is 0 Å². The molecule has 4 unspecified atom stereocenters. The molecule has 0 aliphatic heterocycles. The van der Waals surface area contributed by atoms with E-state index in [9.17, 15) is 4.79 Å². The number of carbonyl (C=O) groups is 1. The van der Waals surface area contributed by atoms with Gasteiger partial charge in [0.1, 0.15) is 0 Å². The Labute approximate surface area is 119 Å². The maximum absolute atomic E-state index is 12.3. The third-order valence-corrected chi connectivity index (χ3v) is 5.11. The third kappa shape index (κ3) is 2.35. The van der Waals surface area contributed by atoms with Crippen LogP contribution < -0.4 is 16.8 Å². The minimum Gasteiger partial charge on any atom is -0.399 e. The quantitative estimate of drug-likeness (QED) is 0.740. The first-order valence-electron chi connectivity index (χ1n) is 7.50. The normalized spacial score (nSPS) is 29.4. The third-order valence-electron chi connectivity index (χ3n) is 5.11. The summed E-state index contributed by atoms with van der Waals surface area (Å²) in [5, 5.41) is 3.12. The lowest BCUT2D eigenvalue weighted by Crippen LogP contribution is -2.40. The molecule has 20 heavy (non-hydrogen) atoms. The molecular weight excluding hydrogens is 250 g/mol. The van der Waals surface area contributed by atoms with Crippen molar-refractivity contribution in [3.63, 3.8) is 0 Å². The second-order valence-corrected chi connectivity index (χ2v) is 6.45. The summed E-state index contributed by atoms with van der Waals surface area (Å²) in [4.78, 5) is 12.3. The zero-order valence-corrected chi connectivity index (χ0v) is 11.9. The highest BCUT2D eigenvalue weighted by molar-refractivity contribution is 5.99. The lowest BCUT2D eigenvalue weighted by molar-refractivity contribution is 0.0916. The highest BCUT2D eigenvalue weighted by Crippen LogP contribution is 2.49. The Morgan fingerprint density at radius 1 is 1.30 bits per heavy atom. The minimum absolute atomic E-state index is 0.0854. The lowest BCUT2D eigenvalue weighted by atomic mass is 9.84. The van der Waals surface area contributed by atoms with Crippen molar-refractivity contribution >= 4 is 17.3 Å². The first-order chi connectivity index (χ1) is 9.54. The van der Waals surface area contributed by atoms with Gasteiger partial charge in [-0.15, -0.1) is 0 Å². The molecule has 2 saturated carbocycles. The molecule has 2 bridgehead atoms. The maximum atomic E-state index is 12.3. The topological polar surface area (TPSA) is 81.1 Å². The fourth-order valence-electron chi connectivity index (χ4n) is 4.09. The molecule has 0 heterocycles. The number of benzene rings is 1. The fraction of sp³-hybridized carbons (Fsp3) is 0.562. The van der Waals surface area contributed by atoms with Crippen LogP contribution in [0.2, 0.25) is 0 Å². The van der Waals surface area contributed by atoms with Crippen LogP contribution in [0.4, 0.5) is 11.4 Å². The van der Waals surface area contributed by atoms with E-state index >= 15 is 0 Å². The zero-order chi connectivity index (χ0) is 14.3. The highest BCUT2D eigenvalue weighted by atomic mass is 16.1. The molecule has 5 N–H and O–H groups in total. The van der Waals surface area contributed by atoms with E-state index in [1.165, 1.54) is 25.7 Å². The molecule has 1 aromatic rings. The molecule has 0 spiro atoms. The summed E-state index contributed by atoms with van der Waals surface area (Å²) >= 11 is 0. The SMILES string of the molecule is CC(NC(=O)c1ccc(N)cc1N)C1CC2CCC1C2. The van der Waals surface area contributed by atoms with Crippen LogP contribution in [0.1, 0.15) is 43.0 Å². The molecule has 2 aliphatic carbocycles. The summed E-state index contributed by atoms with van der Waals surface area (Å²) in [6.07, 6.45) is 5.34. The Kier molecular flexibility index (Phi) is 3.32. The molecule has 4 heteroatoms. The molecule has 108 valence electrons. The summed E-state index contributed by atoms with van der Waals surface area (Å²) in [7, 11) is 0. The van der Waals surface area contributed by atoms with Gasteiger partial charge in [-0.2, -0.15) is 0 Å². The van der Waals surface area contributed by atoms with Crippen molar-refractivity contribution in [2.75, 3.05) is 11.5 Å². The molecule has 0 saturated heterocycles. The molecule has 4 nitrogen and oxygen atoms in total. The van der Waals surface area contributed by atoms with Crippen LogP contribution in [-0.2, 0) is 0 Å². The van der Waals surface area contributed by atoms with Crippen LogP contribution in [-0.4, -0.2) is 11.9 Å². The second-order valence-electron chi connectivity index (χ2n) is 6.45. The number of nitrogens with two attached hydrogens (primary N) is 2. The fourth-order valence-corrected chi connectivity index (χ4v) is 4.09. The molecule has 1 amide bonds. The number of hydrogen-bond donors (Lipinski definition) is 3. The van der Waals surface area contributed by atoms with Crippen molar-refractivity contribution < 1.29 is 4.79 Å². The van der Waals surface area contributed by atoms with Crippen molar-refractivity contribution in [1.82, 2.24) is 5.32 Å². The van der Waals surface area contributed by atoms with Crippen molar-refractivity contribution in [2.45, 2.75) is 38.6 Å². The zero-order valence-electron chi connectivity index (χ0n) is 11.9. The van der Waals surface area contributed by atoms with Crippen LogP contribution in [0.3, 0.4) is 0 Å². The Morgan fingerprint density at radius 2 is 2.10 bits per heavy atom. The molecule has 0 aromatic heterocycles. The van der Waals surface area contributed by atoms with Crippen LogP contribution in [0.25, 0.3) is 0 Å². The average molecular weight is 273 g/mol. The van der Waals surface area contributed by atoms with E-state index in [1.54, 1.807) is 18.2 Å². The van der Waals surface area contributed by atoms with E-state index in [-0.39, 0.29) is 11.9 Å². The number of rotatable bonds is 3. The van der Waals surface area contributed by atoms with Gasteiger partial charge in [-0.3, -0.25) is 4.79 Å². The van der Waals surface area contributed by atoms with E-state index in [4.69, 9.17) is 11.5 Å². The maximum Gasteiger partial charge on any atom is 0.253 e. The minimum atomic E-state index is -0.0854. The lowest BCUT2D eigenvalue weighted by Gasteiger charge is -2.28. The van der Waals surface area contributed by atoms with Crippen LogP contribution in [0, 0.1) is 17.8 Å². The Bertz CT molecular complexity index is 528. The molecule has 3 rings (SSSR count). The van der Waals surface area contributed by atoms with Gasteiger partial charge in [-0.25, -0.2) is 0 Å². The largest absolute Gasteiger partial charge is 0.399 e. The predicted octanol–water partition coefficient (Wildman–Crippen LogP) is 2.41.